The first-order valence-corrected chi connectivity index (χ1v) is 7.23. The van der Waals surface area contributed by atoms with Crippen LogP contribution >= 0.6 is 11.6 Å². The van der Waals surface area contributed by atoms with Gasteiger partial charge in [0.2, 0.25) is 5.82 Å². The van der Waals surface area contributed by atoms with E-state index in [9.17, 15) is 9.59 Å². The molecule has 0 bridgehead atoms. The molecule has 0 spiro atoms. The van der Waals surface area contributed by atoms with Gasteiger partial charge in [0.1, 0.15) is 11.4 Å². The van der Waals surface area contributed by atoms with Gasteiger partial charge < -0.3 is 10.1 Å². The smallest absolute Gasteiger partial charge is 0.330 e. The van der Waals surface area contributed by atoms with Gasteiger partial charge in [-0.15, -0.1) is 5.10 Å². The first-order chi connectivity index (χ1) is 10.8. The second-order valence-corrected chi connectivity index (χ2v) is 5.82. The zero-order valence-corrected chi connectivity index (χ0v) is 14.0. The van der Waals surface area contributed by atoms with Crippen molar-refractivity contribution in [2.24, 2.45) is 0 Å². The molecule has 0 radical (unpaired) electrons. The summed E-state index contributed by atoms with van der Waals surface area (Å²) in [5.41, 5.74) is -0.569. The van der Waals surface area contributed by atoms with Crippen molar-refractivity contribution in [1.82, 2.24) is 20.1 Å². The molecule has 7 nitrogen and oxygen atoms in total. The van der Waals surface area contributed by atoms with Gasteiger partial charge in [-0.2, -0.15) is 0 Å². The quantitative estimate of drug-likeness (QED) is 0.862. The van der Waals surface area contributed by atoms with Gasteiger partial charge >= 0.3 is 5.97 Å². The molecule has 2 aromatic rings. The van der Waals surface area contributed by atoms with Gasteiger partial charge in [-0.1, -0.05) is 23.7 Å². The Kier molecular flexibility index (Phi) is 4.70. The highest BCUT2D eigenvalue weighted by molar-refractivity contribution is 6.32. The van der Waals surface area contributed by atoms with Crippen molar-refractivity contribution in [1.29, 1.82) is 0 Å². The Morgan fingerprint density at radius 3 is 2.57 bits per heavy atom. The summed E-state index contributed by atoms with van der Waals surface area (Å²) in [7, 11) is 1.25. The van der Waals surface area contributed by atoms with E-state index < -0.39 is 17.4 Å². The van der Waals surface area contributed by atoms with E-state index in [1.54, 1.807) is 25.1 Å². The normalized spacial score (nSPS) is 11.2. The van der Waals surface area contributed by atoms with Crippen LogP contribution in [0.2, 0.25) is 5.02 Å². The van der Waals surface area contributed by atoms with Crippen molar-refractivity contribution >= 4 is 23.5 Å². The van der Waals surface area contributed by atoms with E-state index in [4.69, 9.17) is 11.6 Å². The molecule has 0 aliphatic rings. The monoisotopic (exact) mass is 336 g/mol. The van der Waals surface area contributed by atoms with Gasteiger partial charge in [-0.3, -0.25) is 4.79 Å². The van der Waals surface area contributed by atoms with Crippen LogP contribution in [0.15, 0.2) is 24.3 Å². The van der Waals surface area contributed by atoms with Gasteiger partial charge in [0.05, 0.1) is 17.8 Å². The first-order valence-electron chi connectivity index (χ1n) is 6.85. The average Bonchev–Trinajstić information content (AvgIpc) is 2.88. The Bertz CT molecular complexity index is 755. The Morgan fingerprint density at radius 1 is 1.30 bits per heavy atom. The number of carbonyl (C=O) groups excluding carboxylic acids is 2. The minimum Gasteiger partial charge on any atom is -0.467 e. The van der Waals surface area contributed by atoms with Crippen molar-refractivity contribution in [3.05, 3.63) is 40.9 Å². The molecule has 0 saturated carbocycles. The topological polar surface area (TPSA) is 86.1 Å². The van der Waals surface area contributed by atoms with E-state index >= 15 is 0 Å². The molecular weight excluding hydrogens is 320 g/mol. The third-order valence-corrected chi connectivity index (χ3v) is 3.49. The summed E-state index contributed by atoms with van der Waals surface area (Å²) in [5, 5.41) is 7.20. The van der Waals surface area contributed by atoms with Gasteiger partial charge in [-0.05, 0) is 32.9 Å². The summed E-state index contributed by atoms with van der Waals surface area (Å²) in [6.45, 7) is 4.78. The van der Waals surface area contributed by atoms with Crippen molar-refractivity contribution in [2.75, 3.05) is 7.11 Å². The number of hydrogen-bond acceptors (Lipinski definition) is 5. The number of halogens is 1. The Labute approximate surface area is 138 Å². The summed E-state index contributed by atoms with van der Waals surface area (Å²) in [6.07, 6.45) is 0. The van der Waals surface area contributed by atoms with E-state index in [2.05, 4.69) is 20.1 Å². The van der Waals surface area contributed by atoms with Crippen LogP contribution in [0.3, 0.4) is 0 Å². The molecule has 1 heterocycles. The van der Waals surface area contributed by atoms with Crippen LogP contribution in [0.1, 0.15) is 30.3 Å². The SMILES string of the molecule is COC(=O)C(C)(C)NC(=O)c1nc(C)n(-c2ccccc2Cl)n1. The number of hydrogen-bond donors (Lipinski definition) is 1. The zero-order valence-electron chi connectivity index (χ0n) is 13.3. The Morgan fingerprint density at radius 2 is 1.96 bits per heavy atom. The van der Waals surface area contributed by atoms with E-state index in [-0.39, 0.29) is 5.82 Å². The number of nitrogens with one attached hydrogen (secondary N) is 1. The van der Waals surface area contributed by atoms with Gasteiger partial charge in [-0.25, -0.2) is 14.5 Å². The fourth-order valence-corrected chi connectivity index (χ4v) is 2.20. The van der Waals surface area contributed by atoms with Gasteiger partial charge in [0, 0.05) is 0 Å². The molecular formula is C15H17ClN4O3. The summed E-state index contributed by atoms with van der Waals surface area (Å²) < 4.78 is 6.12. The van der Waals surface area contributed by atoms with Crippen molar-refractivity contribution < 1.29 is 14.3 Å². The van der Waals surface area contributed by atoms with Gasteiger partial charge in [0.15, 0.2) is 0 Å². The third kappa shape index (κ3) is 3.50. The number of amides is 1. The molecule has 1 amide bonds. The molecule has 1 aromatic carbocycles. The molecule has 23 heavy (non-hydrogen) atoms. The van der Waals surface area contributed by atoms with E-state index in [0.717, 1.165) is 0 Å². The van der Waals surface area contributed by atoms with Crippen LogP contribution in [0.5, 0.6) is 0 Å². The molecule has 0 atom stereocenters. The second-order valence-electron chi connectivity index (χ2n) is 5.42. The number of methoxy groups -OCH3 is 1. The summed E-state index contributed by atoms with van der Waals surface area (Å²) in [4.78, 5) is 28.0. The standard InChI is InChI=1S/C15H17ClN4O3/c1-9-17-12(13(21)18-15(2,3)14(22)23-4)19-20(9)11-8-6-5-7-10(11)16/h5-8H,1-4H3,(H,18,21). The maximum Gasteiger partial charge on any atom is 0.330 e. The number of esters is 1. The lowest BCUT2D eigenvalue weighted by Gasteiger charge is -2.22. The third-order valence-electron chi connectivity index (χ3n) is 3.17. The van der Waals surface area contributed by atoms with Crippen LogP contribution in [0, 0.1) is 6.92 Å². The van der Waals surface area contributed by atoms with Crippen LogP contribution in [-0.4, -0.2) is 39.3 Å². The largest absolute Gasteiger partial charge is 0.467 e. The Balaban J connectivity index is 2.30. The number of nitrogens with zero attached hydrogens (tertiary/aromatic N) is 3. The molecule has 0 fully saturated rings. The van der Waals surface area contributed by atoms with E-state index in [1.165, 1.54) is 25.6 Å². The second kappa shape index (κ2) is 6.37. The highest BCUT2D eigenvalue weighted by Crippen LogP contribution is 2.20. The lowest BCUT2D eigenvalue weighted by Crippen LogP contribution is -2.50. The summed E-state index contributed by atoms with van der Waals surface area (Å²) in [6, 6.07) is 7.09. The molecule has 2 rings (SSSR count). The van der Waals surface area contributed by atoms with Crippen LogP contribution in [0.25, 0.3) is 5.69 Å². The van der Waals surface area contributed by atoms with E-state index in [0.29, 0.717) is 16.5 Å². The predicted molar refractivity (Wildman–Crippen MR) is 84.7 cm³/mol. The lowest BCUT2D eigenvalue weighted by molar-refractivity contribution is -0.146. The number of ether oxygens (including phenoxy) is 1. The molecule has 0 unspecified atom stereocenters. The highest BCUT2D eigenvalue weighted by atomic mass is 35.5. The molecule has 8 heteroatoms. The molecule has 0 aliphatic carbocycles. The van der Waals surface area contributed by atoms with Crippen molar-refractivity contribution in [2.45, 2.75) is 26.3 Å². The number of para-hydroxylation sites is 1. The lowest BCUT2D eigenvalue weighted by atomic mass is 10.1. The molecule has 1 aromatic heterocycles. The predicted octanol–water partition coefficient (Wildman–Crippen LogP) is 1.91. The molecule has 122 valence electrons. The van der Waals surface area contributed by atoms with Crippen LogP contribution < -0.4 is 5.32 Å². The minimum atomic E-state index is -1.18. The summed E-state index contributed by atoms with van der Waals surface area (Å²) >= 11 is 6.14. The number of benzene rings is 1. The average molecular weight is 337 g/mol. The molecule has 1 N–H and O–H groups in total. The van der Waals surface area contributed by atoms with Crippen LogP contribution in [-0.2, 0) is 9.53 Å². The number of aromatic nitrogens is 3. The van der Waals surface area contributed by atoms with Gasteiger partial charge in [0.25, 0.3) is 5.91 Å². The maximum absolute atomic E-state index is 12.3. The minimum absolute atomic E-state index is 0.0561. The number of rotatable bonds is 4. The fraction of sp³-hybridized carbons (Fsp3) is 0.333. The number of carbonyl (C=O) groups is 2. The fourth-order valence-electron chi connectivity index (χ4n) is 1.98. The maximum atomic E-state index is 12.3. The zero-order chi connectivity index (χ0) is 17.2. The number of aryl methyl sites for hydroxylation is 1. The van der Waals surface area contributed by atoms with Crippen LogP contribution in [0.4, 0.5) is 0 Å². The van der Waals surface area contributed by atoms with Crippen molar-refractivity contribution in [3.8, 4) is 5.69 Å². The Hall–Kier alpha value is -2.41. The first kappa shape index (κ1) is 17.0. The van der Waals surface area contributed by atoms with Crippen molar-refractivity contribution in [3.63, 3.8) is 0 Å². The summed E-state index contributed by atoms with van der Waals surface area (Å²) in [5.74, 6) is -0.694. The highest BCUT2D eigenvalue weighted by Gasteiger charge is 2.32. The van der Waals surface area contributed by atoms with E-state index in [1.807, 2.05) is 6.07 Å². The molecule has 0 aliphatic heterocycles. The molecule has 0 saturated heterocycles.